The largest absolute Gasteiger partial charge is 0.497 e. The van der Waals surface area contributed by atoms with Crippen LogP contribution in [0.15, 0.2) is 60.8 Å². The van der Waals surface area contributed by atoms with Crippen LogP contribution in [0.25, 0.3) is 11.8 Å². The molecule has 0 aliphatic rings. The Balaban J connectivity index is 1.88. The van der Waals surface area contributed by atoms with Crippen molar-refractivity contribution in [2.24, 2.45) is 0 Å². The first-order valence-corrected chi connectivity index (χ1v) is 7.65. The Morgan fingerprint density at radius 2 is 1.84 bits per heavy atom. The minimum absolute atomic E-state index is 0.125. The van der Waals surface area contributed by atoms with E-state index in [2.05, 4.69) is 15.5 Å². The fourth-order valence-electron chi connectivity index (χ4n) is 2.31. The zero-order chi connectivity index (χ0) is 17.6. The van der Waals surface area contributed by atoms with Crippen LogP contribution in [0.1, 0.15) is 12.7 Å². The lowest BCUT2D eigenvalue weighted by atomic mass is 10.2. The van der Waals surface area contributed by atoms with Crippen LogP contribution in [0.3, 0.4) is 0 Å². The molecule has 1 amide bonds. The van der Waals surface area contributed by atoms with E-state index in [0.717, 1.165) is 17.1 Å². The number of benzene rings is 2. The molecule has 0 radical (unpaired) electrons. The van der Waals surface area contributed by atoms with Gasteiger partial charge in [0.1, 0.15) is 5.75 Å². The highest BCUT2D eigenvalue weighted by Crippen LogP contribution is 2.20. The third kappa shape index (κ3) is 3.72. The number of ether oxygens (including phenoxy) is 1. The molecule has 0 fully saturated rings. The summed E-state index contributed by atoms with van der Waals surface area (Å²) < 4.78 is 6.74. The maximum absolute atomic E-state index is 12.0. The molecule has 7 heteroatoms. The maximum atomic E-state index is 12.0. The minimum Gasteiger partial charge on any atom is -0.497 e. The number of tetrazole rings is 1. The molecule has 0 spiro atoms. The molecule has 126 valence electrons. The lowest BCUT2D eigenvalue weighted by molar-refractivity contribution is -0.115. The molecule has 7 nitrogen and oxygen atoms in total. The van der Waals surface area contributed by atoms with Crippen LogP contribution in [0, 0.1) is 0 Å². The second kappa shape index (κ2) is 7.39. The van der Waals surface area contributed by atoms with Gasteiger partial charge < -0.3 is 4.74 Å². The monoisotopic (exact) mass is 335 g/mol. The number of hydrogen-bond acceptors (Lipinski definition) is 5. The van der Waals surface area contributed by atoms with Gasteiger partial charge in [0.15, 0.2) is 5.82 Å². The molecule has 0 atom stereocenters. The van der Waals surface area contributed by atoms with Crippen molar-refractivity contribution < 1.29 is 9.53 Å². The van der Waals surface area contributed by atoms with E-state index in [1.54, 1.807) is 36.2 Å². The molecule has 0 aliphatic heterocycles. The highest BCUT2D eigenvalue weighted by atomic mass is 16.5. The first kappa shape index (κ1) is 16.4. The summed E-state index contributed by atoms with van der Waals surface area (Å²) in [5.74, 6) is 1.12. The van der Waals surface area contributed by atoms with Gasteiger partial charge in [0.25, 0.3) is 0 Å². The third-order valence-electron chi connectivity index (χ3n) is 3.56. The molecule has 25 heavy (non-hydrogen) atoms. The molecule has 1 aromatic heterocycles. The summed E-state index contributed by atoms with van der Waals surface area (Å²) in [7, 11) is 1.60. The molecule has 0 saturated carbocycles. The van der Waals surface area contributed by atoms with E-state index < -0.39 is 0 Å². The summed E-state index contributed by atoms with van der Waals surface area (Å²) in [6, 6.07) is 16.8. The van der Waals surface area contributed by atoms with Gasteiger partial charge in [-0.25, -0.2) is 0 Å². The van der Waals surface area contributed by atoms with Crippen LogP contribution < -0.4 is 9.64 Å². The van der Waals surface area contributed by atoms with E-state index in [9.17, 15) is 4.79 Å². The van der Waals surface area contributed by atoms with Crippen LogP contribution >= 0.6 is 0 Å². The van der Waals surface area contributed by atoms with Crippen LogP contribution in [0.5, 0.6) is 5.75 Å². The van der Waals surface area contributed by atoms with Crippen molar-refractivity contribution in [3.05, 3.63) is 66.6 Å². The number of amides is 1. The number of nitrogens with zero attached hydrogens (tertiary/aromatic N) is 5. The van der Waals surface area contributed by atoms with Gasteiger partial charge in [-0.15, -0.1) is 5.10 Å². The van der Waals surface area contributed by atoms with E-state index in [1.807, 2.05) is 42.5 Å². The molecule has 0 bridgehead atoms. The molecule has 0 N–H and O–H groups in total. The van der Waals surface area contributed by atoms with Gasteiger partial charge >= 0.3 is 0 Å². The van der Waals surface area contributed by atoms with E-state index in [4.69, 9.17) is 4.74 Å². The second-order valence-electron chi connectivity index (χ2n) is 5.19. The highest BCUT2D eigenvalue weighted by molar-refractivity contribution is 5.94. The number of aromatic nitrogens is 4. The Kier molecular flexibility index (Phi) is 4.84. The summed E-state index contributed by atoms with van der Waals surface area (Å²) in [6.45, 7) is 1.49. The van der Waals surface area contributed by atoms with Gasteiger partial charge in [-0.3, -0.25) is 9.69 Å². The van der Waals surface area contributed by atoms with Gasteiger partial charge in [-0.05, 0) is 46.8 Å². The van der Waals surface area contributed by atoms with Gasteiger partial charge in [-0.2, -0.15) is 4.68 Å². The average Bonchev–Trinajstić information content (AvgIpc) is 3.11. The predicted octanol–water partition coefficient (Wildman–Crippen LogP) is 2.69. The Bertz CT molecular complexity index is 872. The van der Waals surface area contributed by atoms with E-state index in [1.165, 1.54) is 11.8 Å². The van der Waals surface area contributed by atoms with E-state index >= 15 is 0 Å². The number of rotatable bonds is 5. The number of methoxy groups -OCH3 is 1. The lowest BCUT2D eigenvalue weighted by Crippen LogP contribution is -2.21. The highest BCUT2D eigenvalue weighted by Gasteiger charge is 2.10. The standard InChI is InChI=1S/C18H17N5O2/c1-14(24)22(15-8-10-17(25-2)11-9-15)13-12-18-19-20-21-23(18)16-6-4-3-5-7-16/h3-13H,1-2H3/b13-12+. The first-order chi connectivity index (χ1) is 12.2. The molecule has 3 rings (SSSR count). The number of carbonyl (C=O) groups excluding carboxylic acids is 1. The van der Waals surface area contributed by atoms with Gasteiger partial charge in [0.05, 0.1) is 12.8 Å². The number of para-hydroxylation sites is 1. The van der Waals surface area contributed by atoms with Crippen LogP contribution in [0.4, 0.5) is 5.69 Å². The van der Waals surface area contributed by atoms with Crippen molar-refractivity contribution in [3.63, 3.8) is 0 Å². The maximum Gasteiger partial charge on any atom is 0.227 e. The third-order valence-corrected chi connectivity index (χ3v) is 3.56. The van der Waals surface area contributed by atoms with Crippen molar-refractivity contribution in [3.8, 4) is 11.4 Å². The zero-order valence-electron chi connectivity index (χ0n) is 13.9. The second-order valence-corrected chi connectivity index (χ2v) is 5.19. The Labute approximate surface area is 145 Å². The van der Waals surface area contributed by atoms with Gasteiger partial charge in [0, 0.05) is 24.9 Å². The topological polar surface area (TPSA) is 73.1 Å². The molecule has 0 saturated heterocycles. The fourth-order valence-corrected chi connectivity index (χ4v) is 2.31. The van der Waals surface area contributed by atoms with Crippen molar-refractivity contribution in [2.75, 3.05) is 12.0 Å². The normalized spacial score (nSPS) is 10.8. The summed E-state index contributed by atoms with van der Waals surface area (Å²) in [5.41, 5.74) is 1.56. The minimum atomic E-state index is -0.125. The van der Waals surface area contributed by atoms with Crippen LogP contribution in [-0.4, -0.2) is 33.2 Å². The van der Waals surface area contributed by atoms with Crippen molar-refractivity contribution in [2.45, 2.75) is 6.92 Å². The molecular formula is C18H17N5O2. The molecule has 2 aromatic carbocycles. The van der Waals surface area contributed by atoms with Crippen molar-refractivity contribution >= 4 is 17.7 Å². The summed E-state index contributed by atoms with van der Waals surface area (Å²) >= 11 is 0. The van der Waals surface area contributed by atoms with Gasteiger partial charge in [0.2, 0.25) is 5.91 Å². The summed E-state index contributed by atoms with van der Waals surface area (Å²) in [6.07, 6.45) is 3.34. The number of anilines is 1. The van der Waals surface area contributed by atoms with Crippen LogP contribution in [0.2, 0.25) is 0 Å². The summed E-state index contributed by atoms with van der Waals surface area (Å²) in [4.78, 5) is 13.5. The quantitative estimate of drug-likeness (QED) is 0.717. The molecule has 0 unspecified atom stereocenters. The number of carbonyl (C=O) groups is 1. The zero-order valence-corrected chi connectivity index (χ0v) is 13.9. The molecule has 3 aromatic rings. The predicted molar refractivity (Wildman–Crippen MR) is 94.3 cm³/mol. The Morgan fingerprint density at radius 3 is 2.48 bits per heavy atom. The van der Waals surface area contributed by atoms with Crippen molar-refractivity contribution in [1.82, 2.24) is 20.2 Å². The smallest absolute Gasteiger partial charge is 0.227 e. The fraction of sp³-hybridized carbons (Fsp3) is 0.111. The Morgan fingerprint density at radius 1 is 1.12 bits per heavy atom. The lowest BCUT2D eigenvalue weighted by Gasteiger charge is -2.16. The first-order valence-electron chi connectivity index (χ1n) is 7.65. The van der Waals surface area contributed by atoms with Gasteiger partial charge in [-0.1, -0.05) is 18.2 Å². The number of hydrogen-bond donors (Lipinski definition) is 0. The molecule has 0 aliphatic carbocycles. The van der Waals surface area contributed by atoms with E-state index in [-0.39, 0.29) is 5.91 Å². The molecule has 1 heterocycles. The Hall–Kier alpha value is -3.48. The van der Waals surface area contributed by atoms with Crippen LogP contribution in [-0.2, 0) is 4.79 Å². The molecular weight excluding hydrogens is 318 g/mol. The average molecular weight is 335 g/mol. The van der Waals surface area contributed by atoms with E-state index in [0.29, 0.717) is 5.82 Å². The summed E-state index contributed by atoms with van der Waals surface area (Å²) in [5, 5.41) is 11.7. The SMILES string of the molecule is COc1ccc(N(/C=C/c2nnnn2-c2ccccc2)C(C)=O)cc1. The van der Waals surface area contributed by atoms with Crippen molar-refractivity contribution in [1.29, 1.82) is 0 Å².